The van der Waals surface area contributed by atoms with E-state index in [9.17, 15) is 5.26 Å². The minimum atomic E-state index is 0.606. The molecule has 92 valence electrons. The van der Waals surface area contributed by atoms with Gasteiger partial charge in [-0.2, -0.15) is 5.26 Å². The molecule has 0 aliphatic carbocycles. The van der Waals surface area contributed by atoms with Gasteiger partial charge in [-0.25, -0.2) is 0 Å². The molecule has 0 atom stereocenters. The molecule has 0 unspecified atom stereocenters. The molecule has 3 aromatic rings. The molecule has 19 heavy (non-hydrogen) atoms. The lowest BCUT2D eigenvalue weighted by atomic mass is 10.1. The summed E-state index contributed by atoms with van der Waals surface area (Å²) in [5.74, 6) is 0. The summed E-state index contributed by atoms with van der Waals surface area (Å²) in [4.78, 5) is 4.23. The van der Waals surface area contributed by atoms with Crippen LogP contribution in [0, 0.1) is 11.3 Å². The van der Waals surface area contributed by atoms with E-state index in [1.807, 2.05) is 48.5 Å². The summed E-state index contributed by atoms with van der Waals surface area (Å²) < 4.78 is 0.722. The Morgan fingerprint density at radius 3 is 2.79 bits per heavy atom. The lowest BCUT2D eigenvalue weighted by molar-refractivity contribution is 1.41. The van der Waals surface area contributed by atoms with Crippen LogP contribution in [0.5, 0.6) is 0 Å². The van der Waals surface area contributed by atoms with Gasteiger partial charge in [-0.3, -0.25) is 0 Å². The Hall–Kier alpha value is -2.02. The highest BCUT2D eigenvalue weighted by Gasteiger charge is 2.06. The Balaban J connectivity index is 2.07. The lowest BCUT2D eigenvalue weighted by Gasteiger charge is -1.93. The minimum Gasteiger partial charge on any atom is -0.354 e. The summed E-state index contributed by atoms with van der Waals surface area (Å²) in [5.41, 5.74) is 2.46. The summed E-state index contributed by atoms with van der Waals surface area (Å²) in [6, 6.07) is 15.9. The van der Waals surface area contributed by atoms with E-state index in [1.54, 1.807) is 0 Å². The predicted molar refractivity (Wildman–Crippen MR) is 81.1 cm³/mol. The number of thiophene rings is 1. The van der Waals surface area contributed by atoms with Crippen molar-refractivity contribution in [1.82, 2.24) is 4.98 Å². The van der Waals surface area contributed by atoms with Gasteiger partial charge in [0, 0.05) is 15.8 Å². The first-order valence-corrected chi connectivity index (χ1v) is 6.91. The highest BCUT2D eigenvalue weighted by atomic mass is 35.5. The Kier molecular flexibility index (Phi) is 3.12. The number of aromatic amines is 1. The van der Waals surface area contributed by atoms with Crippen molar-refractivity contribution in [3.63, 3.8) is 0 Å². The van der Waals surface area contributed by atoms with Crippen molar-refractivity contribution in [2.45, 2.75) is 0 Å². The van der Waals surface area contributed by atoms with E-state index in [0.29, 0.717) is 5.57 Å². The largest absolute Gasteiger partial charge is 0.354 e. The molecule has 0 aliphatic rings. The molecule has 0 bridgehead atoms. The number of benzene rings is 1. The second kappa shape index (κ2) is 4.93. The third kappa shape index (κ3) is 2.41. The first-order chi connectivity index (χ1) is 9.26. The van der Waals surface area contributed by atoms with Crippen LogP contribution in [0.25, 0.3) is 22.6 Å². The lowest BCUT2D eigenvalue weighted by Crippen LogP contribution is -1.79. The van der Waals surface area contributed by atoms with E-state index in [2.05, 4.69) is 11.1 Å². The molecule has 2 nitrogen and oxygen atoms in total. The zero-order chi connectivity index (χ0) is 13.2. The number of nitriles is 1. The van der Waals surface area contributed by atoms with Gasteiger partial charge in [0.1, 0.15) is 6.07 Å². The zero-order valence-corrected chi connectivity index (χ0v) is 11.4. The molecule has 0 saturated heterocycles. The normalized spacial score (nSPS) is 11.7. The summed E-state index contributed by atoms with van der Waals surface area (Å²) in [6.07, 6.45) is 1.85. The van der Waals surface area contributed by atoms with Crippen LogP contribution in [0.2, 0.25) is 4.34 Å². The number of fused-ring (bicyclic) bond motifs is 1. The van der Waals surface area contributed by atoms with Crippen molar-refractivity contribution in [3.8, 4) is 6.07 Å². The standard InChI is InChI=1S/C15H9ClN2S/c16-15-6-5-12(19-15)7-11(9-17)14-8-10-3-1-2-4-13(10)18-14/h1-8,18H/b11-7+. The second-order valence-corrected chi connectivity index (χ2v) is 5.83. The van der Waals surface area contributed by atoms with Crippen LogP contribution >= 0.6 is 22.9 Å². The van der Waals surface area contributed by atoms with Crippen LogP contribution in [-0.2, 0) is 0 Å². The quantitative estimate of drug-likeness (QED) is 0.665. The number of rotatable bonds is 2. The summed E-state index contributed by atoms with van der Waals surface area (Å²) in [7, 11) is 0. The van der Waals surface area contributed by atoms with E-state index in [1.165, 1.54) is 11.3 Å². The number of nitrogens with one attached hydrogen (secondary N) is 1. The first-order valence-electron chi connectivity index (χ1n) is 5.71. The molecule has 0 saturated carbocycles. The predicted octanol–water partition coefficient (Wildman–Crippen LogP) is 4.95. The summed E-state index contributed by atoms with van der Waals surface area (Å²) in [5, 5.41) is 10.4. The monoisotopic (exact) mass is 284 g/mol. The van der Waals surface area contributed by atoms with Gasteiger partial charge in [0.15, 0.2) is 0 Å². The number of aromatic nitrogens is 1. The third-order valence-corrected chi connectivity index (χ3v) is 4.00. The van der Waals surface area contributed by atoms with Crippen LogP contribution in [-0.4, -0.2) is 4.98 Å². The van der Waals surface area contributed by atoms with Gasteiger partial charge in [-0.05, 0) is 30.3 Å². The molecule has 2 heterocycles. The Bertz CT molecular complexity index is 772. The maximum Gasteiger partial charge on any atom is 0.101 e. The fourth-order valence-electron chi connectivity index (χ4n) is 1.94. The molecular weight excluding hydrogens is 276 g/mol. The second-order valence-electron chi connectivity index (χ2n) is 4.08. The average molecular weight is 285 g/mol. The third-order valence-electron chi connectivity index (χ3n) is 2.82. The maximum absolute atomic E-state index is 9.31. The Morgan fingerprint density at radius 1 is 1.26 bits per heavy atom. The van der Waals surface area contributed by atoms with E-state index < -0.39 is 0 Å². The van der Waals surface area contributed by atoms with Gasteiger partial charge in [0.2, 0.25) is 0 Å². The van der Waals surface area contributed by atoms with Crippen LogP contribution in [0.15, 0.2) is 42.5 Å². The van der Waals surface area contributed by atoms with E-state index >= 15 is 0 Å². The average Bonchev–Trinajstić information content (AvgIpc) is 3.01. The maximum atomic E-state index is 9.31. The fraction of sp³-hybridized carbons (Fsp3) is 0. The number of hydrogen-bond acceptors (Lipinski definition) is 2. The number of hydrogen-bond donors (Lipinski definition) is 1. The Labute approximate surface area is 119 Å². The van der Waals surface area contributed by atoms with Gasteiger partial charge >= 0.3 is 0 Å². The molecule has 3 rings (SSSR count). The van der Waals surface area contributed by atoms with Gasteiger partial charge in [0.25, 0.3) is 0 Å². The van der Waals surface area contributed by atoms with Crippen LogP contribution in [0.4, 0.5) is 0 Å². The van der Waals surface area contributed by atoms with Crippen molar-refractivity contribution in [1.29, 1.82) is 5.26 Å². The number of allylic oxidation sites excluding steroid dienone is 1. The molecule has 0 amide bonds. The molecule has 0 spiro atoms. The number of nitrogens with zero attached hydrogens (tertiary/aromatic N) is 1. The zero-order valence-electron chi connectivity index (χ0n) is 9.85. The van der Waals surface area contributed by atoms with Crippen molar-refractivity contribution >= 4 is 45.5 Å². The van der Waals surface area contributed by atoms with Gasteiger partial charge < -0.3 is 4.98 Å². The highest BCUT2D eigenvalue weighted by molar-refractivity contribution is 7.17. The Morgan fingerprint density at radius 2 is 2.11 bits per heavy atom. The first kappa shape index (κ1) is 12.0. The molecule has 0 aliphatic heterocycles. The SMILES string of the molecule is N#C/C(=C\c1ccc(Cl)s1)c1cc2ccccc2[nH]1. The summed E-state index contributed by atoms with van der Waals surface area (Å²) >= 11 is 7.35. The van der Waals surface area contributed by atoms with E-state index in [-0.39, 0.29) is 0 Å². The fourth-order valence-corrected chi connectivity index (χ4v) is 2.94. The molecule has 0 fully saturated rings. The van der Waals surface area contributed by atoms with E-state index in [0.717, 1.165) is 25.8 Å². The molecule has 4 heteroatoms. The van der Waals surface area contributed by atoms with Crippen molar-refractivity contribution in [2.24, 2.45) is 0 Å². The number of H-pyrrole nitrogens is 1. The smallest absolute Gasteiger partial charge is 0.101 e. The van der Waals surface area contributed by atoms with Crippen LogP contribution < -0.4 is 0 Å². The number of halogens is 1. The minimum absolute atomic E-state index is 0.606. The van der Waals surface area contributed by atoms with Crippen molar-refractivity contribution in [2.75, 3.05) is 0 Å². The van der Waals surface area contributed by atoms with Gasteiger partial charge in [-0.15, -0.1) is 11.3 Å². The topological polar surface area (TPSA) is 39.6 Å². The molecular formula is C15H9ClN2S. The van der Waals surface area contributed by atoms with Gasteiger partial charge in [0.05, 0.1) is 15.6 Å². The van der Waals surface area contributed by atoms with Crippen LogP contribution in [0.1, 0.15) is 10.6 Å². The molecule has 1 N–H and O–H groups in total. The molecule has 0 radical (unpaired) electrons. The van der Waals surface area contributed by atoms with E-state index in [4.69, 9.17) is 11.6 Å². The summed E-state index contributed by atoms with van der Waals surface area (Å²) in [6.45, 7) is 0. The molecule has 2 aromatic heterocycles. The molecule has 1 aromatic carbocycles. The van der Waals surface area contributed by atoms with Crippen LogP contribution in [0.3, 0.4) is 0 Å². The van der Waals surface area contributed by atoms with Gasteiger partial charge in [-0.1, -0.05) is 29.8 Å². The van der Waals surface area contributed by atoms with Crippen molar-refractivity contribution < 1.29 is 0 Å². The number of para-hydroxylation sites is 1. The highest BCUT2D eigenvalue weighted by Crippen LogP contribution is 2.27. The van der Waals surface area contributed by atoms with Crippen molar-refractivity contribution in [3.05, 3.63) is 57.4 Å².